The van der Waals surface area contributed by atoms with Crippen molar-refractivity contribution in [2.24, 2.45) is 14.1 Å². The van der Waals surface area contributed by atoms with E-state index in [1.54, 1.807) is 73.1 Å². The van der Waals surface area contributed by atoms with Gasteiger partial charge in [0.15, 0.2) is 17.7 Å². The van der Waals surface area contributed by atoms with Gasteiger partial charge < -0.3 is 28.9 Å². The predicted molar refractivity (Wildman–Crippen MR) is 199 cm³/mol. The third-order valence-electron chi connectivity index (χ3n) is 10.5. The van der Waals surface area contributed by atoms with Gasteiger partial charge in [0.2, 0.25) is 5.91 Å². The van der Waals surface area contributed by atoms with Crippen LogP contribution < -0.4 is 9.64 Å². The summed E-state index contributed by atoms with van der Waals surface area (Å²) >= 11 is 0. The molecule has 3 aromatic heterocycles. The van der Waals surface area contributed by atoms with E-state index < -0.39 is 29.5 Å². The molecule has 1 saturated heterocycles. The molecule has 2 aliphatic heterocycles. The van der Waals surface area contributed by atoms with Crippen LogP contribution in [-0.4, -0.2) is 79.0 Å². The number of hydrogen-bond donors (Lipinski definition) is 1. The molecular formula is C40H45FN6O6. The number of nitrogens with zero attached hydrogens (tertiary/aromatic N) is 6. The van der Waals surface area contributed by atoms with E-state index in [-0.39, 0.29) is 28.8 Å². The zero-order chi connectivity index (χ0) is 38.1. The molecule has 1 fully saturated rings. The lowest BCUT2D eigenvalue weighted by Gasteiger charge is -2.29. The van der Waals surface area contributed by atoms with Crippen molar-refractivity contribution in [3.8, 4) is 16.9 Å². The Morgan fingerprint density at radius 2 is 1.87 bits per heavy atom. The van der Waals surface area contributed by atoms with E-state index in [2.05, 4.69) is 5.10 Å². The maximum atomic E-state index is 15.9. The standard InChI is InChI=1S/C40H45FN6O6/c1-21-25-11-10-16-52-34(25)28(41)18-26(21)33-27-19-31(45(7)36(27)43-22(2)32(33)35(39(50)51)53-40(3,4)5)38(49)47-15-9-12-30(47)37(48)44(6)24-13-14-29-23(17-24)20-42-46(29)8/h13-14,17-20,30,35H,9-12,15-16H2,1-8H3,(H,50,51)/t30-,35-/m0/s1. The quantitative estimate of drug-likeness (QED) is 0.204. The van der Waals surface area contributed by atoms with Crippen LogP contribution in [0.15, 0.2) is 36.5 Å². The highest BCUT2D eigenvalue weighted by Crippen LogP contribution is 2.45. The summed E-state index contributed by atoms with van der Waals surface area (Å²) in [7, 11) is 5.29. The lowest BCUT2D eigenvalue weighted by molar-refractivity contribution is -0.160. The number of carboxylic acid groups (broad SMARTS) is 1. The Labute approximate surface area is 307 Å². The number of likely N-dealkylation sites (N-methyl/N-ethyl adjacent to an activating group) is 1. The summed E-state index contributed by atoms with van der Waals surface area (Å²) in [5, 5.41) is 16.3. The van der Waals surface area contributed by atoms with Crippen molar-refractivity contribution in [3.63, 3.8) is 0 Å². The maximum Gasteiger partial charge on any atom is 0.337 e. The fraction of sp³-hybridized carbons (Fsp3) is 0.425. The molecule has 13 heteroatoms. The predicted octanol–water partition coefficient (Wildman–Crippen LogP) is 6.42. The van der Waals surface area contributed by atoms with Crippen LogP contribution in [0, 0.1) is 19.7 Å². The number of carboxylic acids is 1. The van der Waals surface area contributed by atoms with Gasteiger partial charge in [-0.05, 0) is 102 Å². The number of aliphatic carboxylic acids is 1. The number of aryl methyl sites for hydroxylation is 3. The Balaban J connectivity index is 1.35. The highest BCUT2D eigenvalue weighted by molar-refractivity contribution is 6.07. The number of ether oxygens (including phenoxy) is 2. The van der Waals surface area contributed by atoms with Gasteiger partial charge in [-0.25, -0.2) is 14.2 Å². The number of benzene rings is 2. The molecule has 5 aromatic rings. The average Bonchev–Trinajstić information content (AvgIpc) is 3.84. The molecule has 0 unspecified atom stereocenters. The second-order valence-corrected chi connectivity index (χ2v) is 15.1. The molecule has 5 heterocycles. The van der Waals surface area contributed by atoms with Gasteiger partial charge in [0.1, 0.15) is 17.4 Å². The zero-order valence-corrected chi connectivity index (χ0v) is 31.4. The van der Waals surface area contributed by atoms with Crippen molar-refractivity contribution in [3.05, 3.63) is 70.4 Å². The summed E-state index contributed by atoms with van der Waals surface area (Å²) in [6.45, 7) is 9.69. The van der Waals surface area contributed by atoms with Gasteiger partial charge in [0, 0.05) is 66.5 Å². The molecule has 53 heavy (non-hydrogen) atoms. The van der Waals surface area contributed by atoms with Crippen molar-refractivity contribution < 1.29 is 33.4 Å². The van der Waals surface area contributed by atoms with E-state index in [0.717, 1.165) is 22.0 Å². The van der Waals surface area contributed by atoms with Crippen LogP contribution in [0.5, 0.6) is 5.75 Å². The molecule has 2 aromatic carbocycles. The van der Waals surface area contributed by atoms with E-state index >= 15 is 4.39 Å². The number of carbonyl (C=O) groups is 3. The van der Waals surface area contributed by atoms with Gasteiger partial charge in [0.05, 0.1) is 23.9 Å². The topological polar surface area (TPSA) is 132 Å². The van der Waals surface area contributed by atoms with E-state index in [0.29, 0.717) is 72.4 Å². The number of hydrogen-bond acceptors (Lipinski definition) is 7. The summed E-state index contributed by atoms with van der Waals surface area (Å²) in [5.41, 5.74) is 4.52. The first-order valence-electron chi connectivity index (χ1n) is 17.9. The normalized spacial score (nSPS) is 16.5. The molecule has 7 rings (SSSR count). The fourth-order valence-electron chi connectivity index (χ4n) is 7.90. The Kier molecular flexibility index (Phi) is 9.04. The van der Waals surface area contributed by atoms with Gasteiger partial charge in [-0.1, -0.05) is 0 Å². The first-order chi connectivity index (χ1) is 25.1. The molecule has 2 amide bonds. The molecule has 278 valence electrons. The lowest BCUT2D eigenvalue weighted by Crippen LogP contribution is -2.47. The molecule has 1 N–H and O–H groups in total. The molecule has 2 aliphatic rings. The Morgan fingerprint density at radius 1 is 1.11 bits per heavy atom. The highest BCUT2D eigenvalue weighted by atomic mass is 19.1. The molecule has 0 aliphatic carbocycles. The van der Waals surface area contributed by atoms with Gasteiger partial charge in [-0.15, -0.1) is 0 Å². The van der Waals surface area contributed by atoms with Crippen molar-refractivity contribution in [2.75, 3.05) is 25.1 Å². The van der Waals surface area contributed by atoms with Crippen LogP contribution in [0.4, 0.5) is 10.1 Å². The van der Waals surface area contributed by atoms with Gasteiger partial charge in [-0.3, -0.25) is 14.3 Å². The van der Waals surface area contributed by atoms with Crippen molar-refractivity contribution in [1.29, 1.82) is 0 Å². The molecule has 0 spiro atoms. The summed E-state index contributed by atoms with van der Waals surface area (Å²) in [6, 6.07) is 8.06. The summed E-state index contributed by atoms with van der Waals surface area (Å²) in [6.07, 6.45) is 2.77. The van der Waals surface area contributed by atoms with Crippen LogP contribution >= 0.6 is 0 Å². The highest BCUT2D eigenvalue weighted by Gasteiger charge is 2.39. The fourth-order valence-corrected chi connectivity index (χ4v) is 7.90. The Bertz CT molecular complexity index is 2320. The Hall–Kier alpha value is -5.30. The third-order valence-corrected chi connectivity index (χ3v) is 10.5. The van der Waals surface area contributed by atoms with Crippen LogP contribution in [-0.2, 0) is 34.8 Å². The number of rotatable bonds is 7. The van der Waals surface area contributed by atoms with Crippen LogP contribution in [0.25, 0.3) is 33.1 Å². The molecular weight excluding hydrogens is 679 g/mol. The first kappa shape index (κ1) is 36.1. The second-order valence-electron chi connectivity index (χ2n) is 15.1. The summed E-state index contributed by atoms with van der Waals surface area (Å²) in [5.74, 6) is -2.12. The van der Waals surface area contributed by atoms with E-state index in [9.17, 15) is 19.5 Å². The van der Waals surface area contributed by atoms with E-state index in [4.69, 9.17) is 14.5 Å². The molecule has 12 nitrogen and oxygen atoms in total. The summed E-state index contributed by atoms with van der Waals surface area (Å²) in [4.78, 5) is 49.6. The van der Waals surface area contributed by atoms with Crippen LogP contribution in [0.3, 0.4) is 0 Å². The number of likely N-dealkylation sites (tertiary alicyclic amines) is 1. The third kappa shape index (κ3) is 6.20. The second kappa shape index (κ2) is 13.3. The number of fused-ring (bicyclic) bond motifs is 3. The van der Waals surface area contributed by atoms with Crippen LogP contribution in [0.1, 0.15) is 79.0 Å². The minimum Gasteiger partial charge on any atom is -0.490 e. The van der Waals surface area contributed by atoms with Crippen LogP contribution in [0.2, 0.25) is 0 Å². The molecule has 0 saturated carbocycles. The minimum absolute atomic E-state index is 0.208. The smallest absolute Gasteiger partial charge is 0.337 e. The SMILES string of the molecule is Cc1nc2c(cc(C(=O)N3CCC[C@H]3C(=O)N(C)c3ccc4c(cnn4C)c3)n2C)c(-c2cc(F)c3c(c2C)CCCO3)c1[C@H](OC(C)(C)C)C(=O)O. The summed E-state index contributed by atoms with van der Waals surface area (Å²) < 4.78 is 31.2. The number of halogens is 1. The Morgan fingerprint density at radius 3 is 2.58 bits per heavy atom. The van der Waals surface area contributed by atoms with Gasteiger partial charge in [0.25, 0.3) is 5.91 Å². The van der Waals surface area contributed by atoms with Crippen molar-refractivity contribution in [1.82, 2.24) is 24.2 Å². The molecule has 0 radical (unpaired) electrons. The van der Waals surface area contributed by atoms with E-state index in [1.807, 2.05) is 32.2 Å². The minimum atomic E-state index is -1.45. The van der Waals surface area contributed by atoms with Crippen molar-refractivity contribution in [2.45, 2.75) is 78.0 Å². The molecule has 2 atom stereocenters. The van der Waals surface area contributed by atoms with Gasteiger partial charge >= 0.3 is 5.97 Å². The van der Waals surface area contributed by atoms with E-state index in [1.165, 1.54) is 6.07 Å². The number of anilines is 1. The number of pyridine rings is 1. The van der Waals surface area contributed by atoms with Gasteiger partial charge in [-0.2, -0.15) is 5.10 Å². The average molecular weight is 725 g/mol. The largest absolute Gasteiger partial charge is 0.490 e. The monoisotopic (exact) mass is 724 g/mol. The lowest BCUT2D eigenvalue weighted by atomic mass is 9.86. The maximum absolute atomic E-state index is 15.9. The number of aromatic nitrogens is 4. The number of carbonyl (C=O) groups excluding carboxylic acids is 2. The zero-order valence-electron chi connectivity index (χ0n) is 31.4. The first-order valence-corrected chi connectivity index (χ1v) is 17.9. The number of amides is 2. The van der Waals surface area contributed by atoms with Crippen molar-refractivity contribution >= 4 is 45.4 Å². The molecule has 0 bridgehead atoms.